The molecule has 0 fully saturated rings. The molecule has 5 nitrogen and oxygen atoms in total. The van der Waals surface area contributed by atoms with Crippen molar-refractivity contribution in [1.29, 1.82) is 0 Å². The number of ketones is 1. The first-order valence-electron chi connectivity index (χ1n) is 2.85. The number of urea groups is 1. The summed E-state index contributed by atoms with van der Waals surface area (Å²) in [6.07, 6.45) is 0.389. The number of nitrogens with two attached hydrogens (primary N) is 1. The number of hydrogen-bond acceptors (Lipinski definition) is 3. The molecular weight excluding hydrogens is 136 g/mol. The minimum atomic E-state index is -0.802. The van der Waals surface area contributed by atoms with Gasteiger partial charge in [-0.15, -0.1) is 0 Å². The van der Waals surface area contributed by atoms with E-state index in [1.165, 1.54) is 0 Å². The maximum Gasteiger partial charge on any atom is 0.336 e. The van der Waals surface area contributed by atoms with Crippen LogP contribution in [0, 0.1) is 0 Å². The van der Waals surface area contributed by atoms with Crippen molar-refractivity contribution in [2.75, 3.05) is 6.61 Å². The number of nitrogens with one attached hydrogen (secondary N) is 1. The molecule has 5 heteroatoms. The molecule has 0 aromatic carbocycles. The fraction of sp³-hybridized carbons (Fsp3) is 0.600. The molecule has 0 unspecified atom stereocenters. The van der Waals surface area contributed by atoms with Gasteiger partial charge in [0.15, 0.2) is 5.78 Å². The third-order valence-corrected chi connectivity index (χ3v) is 0.800. The third-order valence-electron chi connectivity index (χ3n) is 0.800. The summed E-state index contributed by atoms with van der Waals surface area (Å²) in [5.74, 6) is -0.0891. The Morgan fingerprint density at radius 1 is 1.60 bits per heavy atom. The Balaban J connectivity index is 3.20. The van der Waals surface area contributed by atoms with Crippen molar-refractivity contribution in [3.05, 3.63) is 0 Å². The van der Waals surface area contributed by atoms with E-state index in [0.717, 1.165) is 0 Å². The second-order valence-electron chi connectivity index (χ2n) is 1.65. The highest BCUT2D eigenvalue weighted by Crippen LogP contribution is 1.79. The Labute approximate surface area is 58.5 Å². The second kappa shape index (κ2) is 4.75. The molecule has 0 heterocycles. The molecule has 0 aliphatic rings. The van der Waals surface area contributed by atoms with Crippen molar-refractivity contribution in [3.8, 4) is 0 Å². The predicted molar refractivity (Wildman–Crippen MR) is 34.0 cm³/mol. The molecular formula is C5H10N2O3. The fourth-order valence-corrected chi connectivity index (χ4v) is 0.290. The fourth-order valence-electron chi connectivity index (χ4n) is 0.290. The topological polar surface area (TPSA) is 81.4 Å². The van der Waals surface area contributed by atoms with Gasteiger partial charge in [0, 0.05) is 6.42 Å². The number of carbonyl (C=O) groups is 2. The molecule has 0 radical (unpaired) electrons. The molecule has 58 valence electrons. The SMILES string of the molecule is CCC(=O)CONC(N)=O. The summed E-state index contributed by atoms with van der Waals surface area (Å²) in [6.45, 7) is 1.58. The van der Waals surface area contributed by atoms with Crippen molar-refractivity contribution < 1.29 is 14.4 Å². The van der Waals surface area contributed by atoms with Crippen LogP contribution in [0.3, 0.4) is 0 Å². The normalized spacial score (nSPS) is 8.90. The van der Waals surface area contributed by atoms with Crippen LogP contribution >= 0.6 is 0 Å². The highest BCUT2D eigenvalue weighted by molar-refractivity contribution is 5.79. The highest BCUT2D eigenvalue weighted by atomic mass is 16.7. The van der Waals surface area contributed by atoms with Gasteiger partial charge in [-0.05, 0) is 0 Å². The number of rotatable bonds is 4. The van der Waals surface area contributed by atoms with Gasteiger partial charge in [0.1, 0.15) is 6.61 Å². The van der Waals surface area contributed by atoms with Crippen LogP contribution in [0.1, 0.15) is 13.3 Å². The van der Waals surface area contributed by atoms with Crippen LogP contribution in [0.15, 0.2) is 0 Å². The van der Waals surface area contributed by atoms with Crippen LogP contribution in [0.5, 0.6) is 0 Å². The van der Waals surface area contributed by atoms with Crippen LogP contribution in [-0.4, -0.2) is 18.4 Å². The lowest BCUT2D eigenvalue weighted by molar-refractivity contribution is -0.124. The van der Waals surface area contributed by atoms with Gasteiger partial charge in [-0.2, -0.15) is 0 Å². The molecule has 0 saturated heterocycles. The van der Waals surface area contributed by atoms with Gasteiger partial charge >= 0.3 is 6.03 Å². The zero-order chi connectivity index (χ0) is 7.98. The Bertz CT molecular complexity index is 135. The van der Waals surface area contributed by atoms with Gasteiger partial charge in [-0.3, -0.25) is 9.63 Å². The summed E-state index contributed by atoms with van der Waals surface area (Å²) in [6, 6.07) is -0.802. The number of amides is 2. The van der Waals surface area contributed by atoms with Crippen LogP contribution in [0.25, 0.3) is 0 Å². The van der Waals surface area contributed by atoms with Gasteiger partial charge in [0.2, 0.25) is 0 Å². The number of hydroxylamine groups is 1. The first-order valence-corrected chi connectivity index (χ1v) is 2.85. The van der Waals surface area contributed by atoms with Crippen LogP contribution in [-0.2, 0) is 9.63 Å². The zero-order valence-electron chi connectivity index (χ0n) is 5.72. The Hall–Kier alpha value is -1.10. The largest absolute Gasteiger partial charge is 0.350 e. The van der Waals surface area contributed by atoms with E-state index in [4.69, 9.17) is 0 Å². The molecule has 0 rings (SSSR count). The maximum atomic E-state index is 10.5. The van der Waals surface area contributed by atoms with E-state index in [2.05, 4.69) is 10.6 Å². The summed E-state index contributed by atoms with van der Waals surface area (Å²) in [5.41, 5.74) is 6.46. The Kier molecular flexibility index (Phi) is 4.23. The molecule has 2 amide bonds. The summed E-state index contributed by atoms with van der Waals surface area (Å²) in [4.78, 5) is 24.8. The first-order chi connectivity index (χ1) is 4.66. The summed E-state index contributed by atoms with van der Waals surface area (Å²) >= 11 is 0. The first kappa shape index (κ1) is 8.90. The second-order valence-corrected chi connectivity index (χ2v) is 1.65. The zero-order valence-corrected chi connectivity index (χ0v) is 5.72. The van der Waals surface area contributed by atoms with Gasteiger partial charge < -0.3 is 5.73 Å². The van der Waals surface area contributed by atoms with Crippen LogP contribution in [0.4, 0.5) is 4.79 Å². The van der Waals surface area contributed by atoms with Crippen molar-refractivity contribution in [3.63, 3.8) is 0 Å². The molecule has 3 N–H and O–H groups in total. The quantitative estimate of drug-likeness (QED) is 0.528. The van der Waals surface area contributed by atoms with Gasteiger partial charge in [-0.25, -0.2) is 10.3 Å². The van der Waals surface area contributed by atoms with Crippen molar-refractivity contribution in [2.45, 2.75) is 13.3 Å². The molecule has 0 bridgehead atoms. The maximum absolute atomic E-state index is 10.5. The molecule has 0 aromatic rings. The van der Waals surface area contributed by atoms with E-state index < -0.39 is 6.03 Å². The smallest absolute Gasteiger partial charge is 0.336 e. The predicted octanol–water partition coefficient (Wildman–Crippen LogP) is -0.435. The van der Waals surface area contributed by atoms with E-state index in [9.17, 15) is 9.59 Å². The van der Waals surface area contributed by atoms with Gasteiger partial charge in [-0.1, -0.05) is 6.92 Å². The minimum Gasteiger partial charge on any atom is -0.350 e. The van der Waals surface area contributed by atoms with E-state index in [1.807, 2.05) is 5.48 Å². The van der Waals surface area contributed by atoms with Crippen LogP contribution < -0.4 is 11.2 Å². The third kappa shape index (κ3) is 5.04. The molecule has 0 aliphatic carbocycles. The summed E-state index contributed by atoms with van der Waals surface area (Å²) in [5, 5.41) is 0. The molecule has 0 spiro atoms. The minimum absolute atomic E-state index is 0.0891. The van der Waals surface area contributed by atoms with Crippen LogP contribution in [0.2, 0.25) is 0 Å². The van der Waals surface area contributed by atoms with E-state index >= 15 is 0 Å². The lowest BCUT2D eigenvalue weighted by Gasteiger charge is -1.99. The number of Topliss-reactive ketones (excluding diaryl/α,β-unsaturated/α-hetero) is 1. The average molecular weight is 146 g/mol. The van der Waals surface area contributed by atoms with E-state index in [1.54, 1.807) is 6.92 Å². The molecule has 10 heavy (non-hydrogen) atoms. The van der Waals surface area contributed by atoms with Crippen molar-refractivity contribution in [1.82, 2.24) is 5.48 Å². The molecule has 0 atom stereocenters. The van der Waals surface area contributed by atoms with E-state index in [-0.39, 0.29) is 12.4 Å². The summed E-state index contributed by atoms with van der Waals surface area (Å²) in [7, 11) is 0. The lowest BCUT2D eigenvalue weighted by Crippen LogP contribution is -2.31. The van der Waals surface area contributed by atoms with Crippen molar-refractivity contribution in [2.24, 2.45) is 5.73 Å². The number of primary amides is 1. The van der Waals surface area contributed by atoms with E-state index in [0.29, 0.717) is 6.42 Å². The lowest BCUT2D eigenvalue weighted by atomic mass is 10.3. The highest BCUT2D eigenvalue weighted by Gasteiger charge is 1.97. The Morgan fingerprint density at radius 2 is 2.20 bits per heavy atom. The number of hydrogen-bond donors (Lipinski definition) is 2. The number of carbonyl (C=O) groups excluding carboxylic acids is 2. The molecule has 0 aromatic heterocycles. The van der Waals surface area contributed by atoms with Gasteiger partial charge in [0.05, 0.1) is 0 Å². The molecule has 0 aliphatic heterocycles. The average Bonchev–Trinajstić information content (AvgIpc) is 1.87. The molecule has 0 saturated carbocycles. The summed E-state index contributed by atoms with van der Waals surface area (Å²) < 4.78 is 0. The monoisotopic (exact) mass is 146 g/mol. The standard InChI is InChI=1S/C5H10N2O3/c1-2-4(8)3-10-7-5(6)9/h2-3H2,1H3,(H3,6,7,9). The Morgan fingerprint density at radius 3 is 2.60 bits per heavy atom. The van der Waals surface area contributed by atoms with Crippen molar-refractivity contribution >= 4 is 11.8 Å². The van der Waals surface area contributed by atoms with Gasteiger partial charge in [0.25, 0.3) is 0 Å².